The number of anilines is 1. The first-order valence-electron chi connectivity index (χ1n) is 10.6. The molecule has 2 aromatic carbocycles. The number of amides is 2. The topological polar surface area (TPSA) is 84.2 Å². The quantitative estimate of drug-likeness (QED) is 0.329. The molecule has 2 amide bonds. The summed E-state index contributed by atoms with van der Waals surface area (Å²) in [6, 6.07) is 10.6. The Labute approximate surface area is 203 Å². The van der Waals surface area contributed by atoms with Gasteiger partial charge in [-0.05, 0) is 61.2 Å². The fourth-order valence-electron chi connectivity index (χ4n) is 3.77. The Morgan fingerprint density at radius 3 is 2.48 bits per heavy atom. The van der Waals surface area contributed by atoms with Gasteiger partial charge < -0.3 is 16.4 Å². The van der Waals surface area contributed by atoms with E-state index in [1.807, 2.05) is 24.3 Å². The third-order valence-corrected chi connectivity index (χ3v) is 7.30. The summed E-state index contributed by atoms with van der Waals surface area (Å²) in [5, 5.41) is 5.36. The lowest BCUT2D eigenvalue weighted by molar-refractivity contribution is -0.137. The van der Waals surface area contributed by atoms with Crippen molar-refractivity contribution in [2.24, 2.45) is 5.92 Å². The van der Waals surface area contributed by atoms with Gasteiger partial charge in [0.25, 0.3) is 5.91 Å². The van der Waals surface area contributed by atoms with E-state index in [-0.39, 0.29) is 29.7 Å². The predicted octanol–water partition coefficient (Wildman–Crippen LogP) is 5.25. The predicted molar refractivity (Wildman–Crippen MR) is 127 cm³/mol. The number of halogens is 4. The van der Waals surface area contributed by atoms with Crippen molar-refractivity contribution in [1.29, 1.82) is 0 Å². The van der Waals surface area contributed by atoms with Crippen LogP contribution in [-0.4, -0.2) is 30.2 Å². The van der Waals surface area contributed by atoms with E-state index in [0.29, 0.717) is 12.0 Å². The molecule has 1 aliphatic carbocycles. The number of benzene rings is 2. The van der Waals surface area contributed by atoms with E-state index in [1.165, 1.54) is 0 Å². The summed E-state index contributed by atoms with van der Waals surface area (Å²) in [5.41, 5.74) is 4.30. The molecule has 2 atom stereocenters. The first kappa shape index (κ1) is 25.4. The van der Waals surface area contributed by atoms with E-state index >= 15 is 0 Å². The molecule has 1 fully saturated rings. The first-order valence-corrected chi connectivity index (χ1v) is 12.3. The van der Waals surface area contributed by atoms with Crippen molar-refractivity contribution in [2.75, 3.05) is 18.0 Å². The van der Waals surface area contributed by atoms with Crippen molar-refractivity contribution in [3.63, 3.8) is 0 Å². The van der Waals surface area contributed by atoms with Crippen LogP contribution in [0, 0.1) is 5.92 Å². The molecule has 0 saturated heterocycles. The molecular formula is C23H25BrF3N3O2S. The summed E-state index contributed by atoms with van der Waals surface area (Å²) in [6.45, 7) is -0.336. The maximum atomic E-state index is 12.9. The van der Waals surface area contributed by atoms with Gasteiger partial charge in [0.15, 0.2) is 0 Å². The van der Waals surface area contributed by atoms with Gasteiger partial charge in [0.2, 0.25) is 5.91 Å². The fraction of sp³-hybridized carbons (Fsp3) is 0.391. The summed E-state index contributed by atoms with van der Waals surface area (Å²) in [5.74, 6) is -0.0370. The molecule has 0 unspecified atom stereocenters. The lowest BCUT2D eigenvalue weighted by Gasteiger charge is -2.32. The smallest absolute Gasteiger partial charge is 0.398 e. The summed E-state index contributed by atoms with van der Waals surface area (Å²) < 4.78 is 39.8. The molecule has 0 aliphatic heterocycles. The second kappa shape index (κ2) is 11.3. The van der Waals surface area contributed by atoms with Crippen LogP contribution in [0.1, 0.15) is 41.6 Å². The van der Waals surface area contributed by atoms with Crippen LogP contribution in [0.3, 0.4) is 0 Å². The van der Waals surface area contributed by atoms with Crippen LogP contribution in [0.2, 0.25) is 0 Å². The molecule has 33 heavy (non-hydrogen) atoms. The maximum Gasteiger partial charge on any atom is 0.416 e. The zero-order valence-electron chi connectivity index (χ0n) is 17.8. The molecular weight excluding hydrogens is 519 g/mol. The van der Waals surface area contributed by atoms with E-state index in [1.54, 1.807) is 11.8 Å². The molecule has 3 rings (SSSR count). The largest absolute Gasteiger partial charge is 0.416 e. The van der Waals surface area contributed by atoms with Crippen molar-refractivity contribution in [1.82, 2.24) is 10.6 Å². The average Bonchev–Trinajstić information content (AvgIpc) is 2.77. The highest BCUT2D eigenvalue weighted by molar-refractivity contribution is 9.10. The summed E-state index contributed by atoms with van der Waals surface area (Å²) in [4.78, 5) is 26.0. The molecule has 0 bridgehead atoms. The number of rotatable bonds is 7. The van der Waals surface area contributed by atoms with Gasteiger partial charge in [0.05, 0.1) is 17.7 Å². The van der Waals surface area contributed by atoms with Crippen molar-refractivity contribution in [2.45, 2.75) is 42.8 Å². The lowest BCUT2D eigenvalue weighted by Crippen LogP contribution is -2.47. The third-order valence-electron chi connectivity index (χ3n) is 5.57. The summed E-state index contributed by atoms with van der Waals surface area (Å²) >= 11 is 5.16. The minimum Gasteiger partial charge on any atom is -0.398 e. The number of hydrogen-bond acceptors (Lipinski definition) is 4. The van der Waals surface area contributed by atoms with Gasteiger partial charge in [0, 0.05) is 26.9 Å². The van der Waals surface area contributed by atoms with Gasteiger partial charge in [0.1, 0.15) is 0 Å². The van der Waals surface area contributed by atoms with Crippen molar-refractivity contribution >= 4 is 45.2 Å². The van der Waals surface area contributed by atoms with Crippen LogP contribution in [0.5, 0.6) is 0 Å². The van der Waals surface area contributed by atoms with Crippen molar-refractivity contribution in [3.05, 3.63) is 58.1 Å². The summed E-state index contributed by atoms with van der Waals surface area (Å²) in [7, 11) is 0. The third kappa shape index (κ3) is 7.40. The molecule has 0 spiro atoms. The van der Waals surface area contributed by atoms with Gasteiger partial charge in [-0.15, -0.1) is 11.8 Å². The van der Waals surface area contributed by atoms with Crippen LogP contribution in [0.4, 0.5) is 18.9 Å². The molecule has 1 saturated carbocycles. The molecule has 0 radical (unpaired) electrons. The van der Waals surface area contributed by atoms with E-state index in [9.17, 15) is 22.8 Å². The van der Waals surface area contributed by atoms with Crippen LogP contribution >= 0.6 is 27.7 Å². The summed E-state index contributed by atoms with van der Waals surface area (Å²) in [6.07, 6.45) is -0.626. The normalized spacial score (nSPS) is 18.5. The highest BCUT2D eigenvalue weighted by Crippen LogP contribution is 2.32. The van der Waals surface area contributed by atoms with Gasteiger partial charge in [-0.3, -0.25) is 9.59 Å². The van der Waals surface area contributed by atoms with Crippen molar-refractivity contribution in [3.8, 4) is 0 Å². The Kier molecular flexibility index (Phi) is 8.69. The minimum atomic E-state index is -4.59. The molecule has 178 valence electrons. The Morgan fingerprint density at radius 2 is 1.79 bits per heavy atom. The Morgan fingerprint density at radius 1 is 1.09 bits per heavy atom. The Balaban J connectivity index is 1.53. The number of alkyl halides is 3. The van der Waals surface area contributed by atoms with E-state index in [0.717, 1.165) is 52.9 Å². The number of nitrogens with one attached hydrogen (secondary N) is 2. The second-order valence-corrected chi connectivity index (χ2v) is 9.98. The second-order valence-electron chi connectivity index (χ2n) is 7.97. The van der Waals surface area contributed by atoms with E-state index < -0.39 is 17.6 Å². The molecule has 0 aromatic heterocycles. The van der Waals surface area contributed by atoms with E-state index in [4.69, 9.17) is 5.73 Å². The maximum absolute atomic E-state index is 12.9. The molecule has 5 nitrogen and oxygen atoms in total. The average molecular weight is 544 g/mol. The standard InChI is InChI=1S/C23H25BrF3N3O2S/c24-16-6-8-17(9-7-16)33-13-14-3-1-2-4-20(14)30-21(31)12-29-22(32)18-11-15(23(25,26)27)5-10-19(18)28/h5-11,14,20H,1-4,12-13,28H2,(H,29,32)(H,30,31)/t14-,20+/m1/s1. The molecule has 10 heteroatoms. The zero-order valence-corrected chi connectivity index (χ0v) is 20.2. The molecule has 1 aliphatic rings. The highest BCUT2D eigenvalue weighted by atomic mass is 79.9. The number of carbonyl (C=O) groups is 2. The first-order chi connectivity index (χ1) is 15.6. The lowest BCUT2D eigenvalue weighted by atomic mass is 9.86. The number of nitrogens with two attached hydrogens (primary N) is 1. The number of thioether (sulfide) groups is 1. The Bertz CT molecular complexity index is 986. The number of hydrogen-bond donors (Lipinski definition) is 3. The Hall–Kier alpha value is -2.20. The fourth-order valence-corrected chi connectivity index (χ4v) is 5.17. The van der Waals surface area contributed by atoms with Crippen molar-refractivity contribution < 1.29 is 22.8 Å². The van der Waals surface area contributed by atoms with Gasteiger partial charge in [-0.1, -0.05) is 28.8 Å². The minimum absolute atomic E-state index is 0.00951. The van der Waals surface area contributed by atoms with E-state index in [2.05, 4.69) is 26.6 Å². The SMILES string of the molecule is Nc1ccc(C(F)(F)F)cc1C(=O)NCC(=O)N[C@H]1CCCC[C@@H]1CSc1ccc(Br)cc1. The highest BCUT2D eigenvalue weighted by Gasteiger charge is 2.32. The van der Waals surface area contributed by atoms with Crippen LogP contribution in [-0.2, 0) is 11.0 Å². The molecule has 2 aromatic rings. The van der Waals surface area contributed by atoms with Crippen LogP contribution in [0.15, 0.2) is 51.8 Å². The molecule has 0 heterocycles. The molecule has 4 N–H and O–H groups in total. The number of nitrogen functional groups attached to an aromatic ring is 1. The van der Waals surface area contributed by atoms with Gasteiger partial charge in [-0.25, -0.2) is 0 Å². The van der Waals surface area contributed by atoms with Crippen LogP contribution < -0.4 is 16.4 Å². The van der Waals surface area contributed by atoms with Crippen LogP contribution in [0.25, 0.3) is 0 Å². The zero-order chi connectivity index (χ0) is 24.0. The number of carbonyl (C=O) groups excluding carboxylic acids is 2. The van der Waals surface area contributed by atoms with Gasteiger partial charge >= 0.3 is 6.18 Å². The monoisotopic (exact) mass is 543 g/mol. The van der Waals surface area contributed by atoms with Gasteiger partial charge in [-0.2, -0.15) is 13.2 Å².